The van der Waals surface area contributed by atoms with E-state index >= 15 is 0 Å². The van der Waals surface area contributed by atoms with E-state index in [4.69, 9.17) is 16.1 Å². The number of rotatable bonds is 4. The van der Waals surface area contributed by atoms with Crippen molar-refractivity contribution in [2.24, 2.45) is 0 Å². The zero-order chi connectivity index (χ0) is 22.2. The summed E-state index contributed by atoms with van der Waals surface area (Å²) in [5.74, 6) is 0.279. The van der Waals surface area contributed by atoms with E-state index in [1.165, 1.54) is 10.4 Å². The van der Waals surface area contributed by atoms with E-state index in [2.05, 4.69) is 10.1 Å². The van der Waals surface area contributed by atoms with Gasteiger partial charge in [-0.3, -0.25) is 0 Å². The van der Waals surface area contributed by atoms with E-state index in [0.29, 0.717) is 35.3 Å². The Morgan fingerprint density at radius 1 is 1.13 bits per heavy atom. The van der Waals surface area contributed by atoms with Crippen LogP contribution in [0.4, 0.5) is 13.2 Å². The molecule has 1 aromatic heterocycles. The van der Waals surface area contributed by atoms with Gasteiger partial charge in [0.15, 0.2) is 0 Å². The fourth-order valence-corrected chi connectivity index (χ4v) is 5.16. The monoisotopic (exact) mass is 471 g/mol. The molecule has 0 aliphatic carbocycles. The zero-order valence-corrected chi connectivity index (χ0v) is 17.6. The van der Waals surface area contributed by atoms with Crippen LogP contribution in [0.1, 0.15) is 30.2 Å². The predicted octanol–water partition coefficient (Wildman–Crippen LogP) is 4.98. The van der Waals surface area contributed by atoms with Crippen LogP contribution < -0.4 is 0 Å². The molecular weight excluding hydrogens is 455 g/mol. The molecule has 11 heteroatoms. The fourth-order valence-electron chi connectivity index (χ4n) is 3.46. The minimum absolute atomic E-state index is 0.0425. The van der Waals surface area contributed by atoms with Crippen molar-refractivity contribution in [2.45, 2.75) is 29.8 Å². The number of benzene rings is 2. The van der Waals surface area contributed by atoms with Crippen molar-refractivity contribution in [1.82, 2.24) is 14.4 Å². The first kappa shape index (κ1) is 21.8. The van der Waals surface area contributed by atoms with E-state index < -0.39 is 26.7 Å². The van der Waals surface area contributed by atoms with Gasteiger partial charge in [-0.25, -0.2) is 8.42 Å². The Bertz CT molecular complexity index is 1180. The lowest BCUT2D eigenvalue weighted by atomic mass is 10.00. The number of nitrogens with zero attached hydrogens (tertiary/aromatic N) is 3. The molecule has 6 nitrogen and oxygen atoms in total. The standard InChI is InChI=1S/C20H17ClF3N3O3S/c21-16-8-6-13(7-9-16)18-25-19(30-26-18)14-3-2-10-27(12-14)31(28,29)17-5-1-4-15(11-17)20(22,23)24/h1,4-9,11,14H,2-3,10,12H2. The molecule has 0 bridgehead atoms. The van der Waals surface area contributed by atoms with Crippen molar-refractivity contribution < 1.29 is 26.1 Å². The van der Waals surface area contributed by atoms with Crippen molar-refractivity contribution >= 4 is 21.6 Å². The van der Waals surface area contributed by atoms with Crippen molar-refractivity contribution in [1.29, 1.82) is 0 Å². The predicted molar refractivity (Wildman–Crippen MR) is 107 cm³/mol. The highest BCUT2D eigenvalue weighted by Crippen LogP contribution is 2.34. The number of halogens is 4. The average molecular weight is 472 g/mol. The van der Waals surface area contributed by atoms with Crippen LogP contribution in [0.15, 0.2) is 57.9 Å². The summed E-state index contributed by atoms with van der Waals surface area (Å²) in [5, 5.41) is 4.52. The fraction of sp³-hybridized carbons (Fsp3) is 0.300. The molecule has 0 amide bonds. The van der Waals surface area contributed by atoms with Gasteiger partial charge in [0, 0.05) is 23.7 Å². The van der Waals surface area contributed by atoms with Gasteiger partial charge in [-0.15, -0.1) is 0 Å². The summed E-state index contributed by atoms with van der Waals surface area (Å²) < 4.78 is 71.5. The highest BCUT2D eigenvalue weighted by molar-refractivity contribution is 7.89. The van der Waals surface area contributed by atoms with Crippen LogP contribution in [0.3, 0.4) is 0 Å². The SMILES string of the molecule is O=S(=O)(c1cccc(C(F)(F)F)c1)N1CCCC(c2nc(-c3ccc(Cl)cc3)no2)C1. The van der Waals surface area contributed by atoms with Crippen molar-refractivity contribution in [3.63, 3.8) is 0 Å². The molecule has 3 aromatic rings. The normalized spacial score (nSPS) is 18.3. The van der Waals surface area contributed by atoms with Gasteiger partial charge >= 0.3 is 6.18 Å². The highest BCUT2D eigenvalue weighted by atomic mass is 35.5. The maximum Gasteiger partial charge on any atom is 0.416 e. The van der Waals surface area contributed by atoms with Gasteiger partial charge < -0.3 is 4.52 Å². The Hall–Kier alpha value is -2.43. The molecule has 0 radical (unpaired) electrons. The first-order chi connectivity index (χ1) is 14.6. The van der Waals surface area contributed by atoms with E-state index in [1.807, 2.05) is 0 Å². The van der Waals surface area contributed by atoms with Crippen LogP contribution in [0.2, 0.25) is 5.02 Å². The largest absolute Gasteiger partial charge is 0.416 e. The van der Waals surface area contributed by atoms with Crippen LogP contribution in [0.25, 0.3) is 11.4 Å². The maximum atomic E-state index is 13.0. The van der Waals surface area contributed by atoms with Gasteiger partial charge in [0.2, 0.25) is 21.7 Å². The lowest BCUT2D eigenvalue weighted by Gasteiger charge is -2.30. The summed E-state index contributed by atoms with van der Waals surface area (Å²) in [4.78, 5) is 3.99. The van der Waals surface area contributed by atoms with Gasteiger partial charge in [0.1, 0.15) is 0 Å². The molecule has 0 spiro atoms. The van der Waals surface area contributed by atoms with E-state index in [9.17, 15) is 21.6 Å². The first-order valence-electron chi connectivity index (χ1n) is 9.41. The van der Waals surface area contributed by atoms with Crippen LogP contribution in [-0.2, 0) is 16.2 Å². The first-order valence-corrected chi connectivity index (χ1v) is 11.2. The van der Waals surface area contributed by atoms with Gasteiger partial charge in [0.25, 0.3) is 0 Å². The molecule has 1 saturated heterocycles. The lowest BCUT2D eigenvalue weighted by Crippen LogP contribution is -2.39. The summed E-state index contributed by atoms with van der Waals surface area (Å²) in [5.41, 5.74) is -0.310. The molecule has 31 heavy (non-hydrogen) atoms. The maximum absolute atomic E-state index is 13.0. The third kappa shape index (κ3) is 4.60. The number of aromatic nitrogens is 2. The van der Waals surface area contributed by atoms with Gasteiger partial charge in [-0.2, -0.15) is 22.5 Å². The number of hydrogen-bond acceptors (Lipinski definition) is 5. The molecule has 1 aliphatic rings. The topological polar surface area (TPSA) is 76.3 Å². The second-order valence-electron chi connectivity index (χ2n) is 7.19. The number of alkyl halides is 3. The van der Waals surface area contributed by atoms with E-state index in [1.54, 1.807) is 24.3 Å². The molecule has 2 aromatic carbocycles. The smallest absolute Gasteiger partial charge is 0.339 e. The van der Waals surface area contributed by atoms with E-state index in [0.717, 1.165) is 12.1 Å². The minimum atomic E-state index is -4.63. The number of hydrogen-bond donors (Lipinski definition) is 0. The zero-order valence-electron chi connectivity index (χ0n) is 16.0. The summed E-state index contributed by atoms with van der Waals surface area (Å²) in [6.45, 7) is 0.244. The summed E-state index contributed by atoms with van der Waals surface area (Å²) >= 11 is 5.88. The molecule has 0 N–H and O–H groups in total. The summed E-state index contributed by atoms with van der Waals surface area (Å²) in [6.07, 6.45) is -3.49. The average Bonchev–Trinajstić information content (AvgIpc) is 3.24. The van der Waals surface area contributed by atoms with Crippen LogP contribution >= 0.6 is 11.6 Å². The van der Waals surface area contributed by atoms with Crippen LogP contribution in [-0.4, -0.2) is 36.0 Å². The van der Waals surface area contributed by atoms with E-state index in [-0.39, 0.29) is 24.9 Å². The van der Waals surface area contributed by atoms with Crippen LogP contribution in [0, 0.1) is 0 Å². The van der Waals surface area contributed by atoms with Crippen molar-refractivity contribution in [3.05, 3.63) is 65.0 Å². The Labute approximate surface area is 181 Å². The Morgan fingerprint density at radius 3 is 2.58 bits per heavy atom. The second-order valence-corrected chi connectivity index (χ2v) is 9.57. The van der Waals surface area contributed by atoms with Crippen LogP contribution in [0.5, 0.6) is 0 Å². The Balaban J connectivity index is 1.55. The van der Waals surface area contributed by atoms with Crippen molar-refractivity contribution in [2.75, 3.05) is 13.1 Å². The molecule has 164 valence electrons. The third-order valence-electron chi connectivity index (χ3n) is 5.08. The Morgan fingerprint density at radius 2 is 1.87 bits per heavy atom. The summed E-state index contributed by atoms with van der Waals surface area (Å²) in [6, 6.07) is 10.6. The summed E-state index contributed by atoms with van der Waals surface area (Å²) in [7, 11) is -4.11. The quantitative estimate of drug-likeness (QED) is 0.536. The molecule has 1 aliphatic heterocycles. The molecule has 0 saturated carbocycles. The molecule has 1 fully saturated rings. The molecular formula is C20H17ClF3N3O3S. The van der Waals surface area contributed by atoms with Gasteiger partial charge in [-0.1, -0.05) is 22.8 Å². The minimum Gasteiger partial charge on any atom is -0.339 e. The number of sulfonamides is 1. The molecule has 2 heterocycles. The lowest BCUT2D eigenvalue weighted by molar-refractivity contribution is -0.137. The third-order valence-corrected chi connectivity index (χ3v) is 7.19. The van der Waals surface area contributed by atoms with Gasteiger partial charge in [0.05, 0.1) is 16.4 Å². The Kier molecular flexibility index (Phi) is 5.80. The molecule has 4 rings (SSSR count). The van der Waals surface area contributed by atoms with Gasteiger partial charge in [-0.05, 0) is 55.3 Å². The molecule has 1 atom stereocenters. The van der Waals surface area contributed by atoms with Crippen molar-refractivity contribution in [3.8, 4) is 11.4 Å². The molecule has 1 unspecified atom stereocenters. The second kappa shape index (κ2) is 8.25. The highest BCUT2D eigenvalue weighted by Gasteiger charge is 2.36. The number of piperidine rings is 1.